The van der Waals surface area contributed by atoms with Crippen LogP contribution in [0.15, 0.2) is 24.3 Å². The first-order valence-electron chi connectivity index (χ1n) is 7.44. The lowest BCUT2D eigenvalue weighted by atomic mass is 10.0. The molecule has 0 aliphatic carbocycles. The van der Waals surface area contributed by atoms with Gasteiger partial charge in [0, 0.05) is 24.2 Å². The Morgan fingerprint density at radius 2 is 2.04 bits per heavy atom. The van der Waals surface area contributed by atoms with Crippen LogP contribution >= 0.6 is 0 Å². The van der Waals surface area contributed by atoms with Gasteiger partial charge in [0.2, 0.25) is 5.91 Å². The van der Waals surface area contributed by atoms with E-state index in [0.29, 0.717) is 24.2 Å². The quantitative estimate of drug-likeness (QED) is 0.536. The number of rotatable bonds is 8. The van der Waals surface area contributed by atoms with Gasteiger partial charge in [-0.15, -0.1) is 0 Å². The molecule has 1 unspecified atom stereocenters. The Morgan fingerprint density at radius 3 is 2.71 bits per heavy atom. The van der Waals surface area contributed by atoms with Crippen LogP contribution < -0.4 is 16.0 Å². The molecule has 4 N–H and O–H groups in total. The largest absolute Gasteiger partial charge is 0.465 e. The zero-order chi connectivity index (χ0) is 17.9. The molecule has 1 atom stereocenters. The predicted octanol–water partition coefficient (Wildman–Crippen LogP) is 1.56. The lowest BCUT2D eigenvalue weighted by molar-refractivity contribution is -0.121. The highest BCUT2D eigenvalue weighted by Gasteiger charge is 2.11. The molecule has 128 valence electrons. The third-order valence-corrected chi connectivity index (χ3v) is 3.20. The van der Waals surface area contributed by atoms with Crippen LogP contribution in [0.3, 0.4) is 0 Å². The second-order valence-corrected chi connectivity index (χ2v) is 5.30. The average molecular weight is 332 g/mol. The molecular formula is C16H20N4O4. The van der Waals surface area contributed by atoms with E-state index in [-0.39, 0.29) is 30.7 Å². The van der Waals surface area contributed by atoms with Crippen LogP contribution in [0.4, 0.5) is 10.5 Å². The number of carbonyl (C=O) groups excluding carboxylic acids is 2. The normalized spacial score (nSPS) is 11.0. The Morgan fingerprint density at radius 1 is 1.29 bits per heavy atom. The Bertz CT molecular complexity index is 639. The highest BCUT2D eigenvalue weighted by atomic mass is 16.4. The summed E-state index contributed by atoms with van der Waals surface area (Å²) in [5.74, 6) is -0.447. The van der Waals surface area contributed by atoms with Crippen molar-refractivity contribution in [1.82, 2.24) is 10.6 Å². The molecule has 3 amide bonds. The summed E-state index contributed by atoms with van der Waals surface area (Å²) < 4.78 is 0. The van der Waals surface area contributed by atoms with Gasteiger partial charge in [-0.2, -0.15) is 5.26 Å². The Labute approximate surface area is 139 Å². The second kappa shape index (κ2) is 9.84. The zero-order valence-electron chi connectivity index (χ0n) is 13.3. The number of nitrogens with one attached hydrogen (secondary N) is 3. The van der Waals surface area contributed by atoms with Crippen LogP contribution in [0.1, 0.15) is 30.1 Å². The van der Waals surface area contributed by atoms with Gasteiger partial charge in [-0.3, -0.25) is 14.9 Å². The predicted molar refractivity (Wildman–Crippen MR) is 87.4 cm³/mol. The summed E-state index contributed by atoms with van der Waals surface area (Å²) in [7, 11) is 0. The Balaban J connectivity index is 2.39. The van der Waals surface area contributed by atoms with E-state index >= 15 is 0 Å². The van der Waals surface area contributed by atoms with Crippen molar-refractivity contribution >= 4 is 23.6 Å². The van der Waals surface area contributed by atoms with Crippen LogP contribution in [0.25, 0.3) is 0 Å². The molecule has 0 aromatic heterocycles. The fourth-order valence-corrected chi connectivity index (χ4v) is 2.02. The van der Waals surface area contributed by atoms with E-state index in [1.807, 2.05) is 13.0 Å². The third-order valence-electron chi connectivity index (χ3n) is 3.20. The maximum atomic E-state index is 12.0. The SMILES string of the molecule is CC(CCNC(=O)c1cccc(NC(=O)O)c1)CC(=O)NCC#N. The van der Waals surface area contributed by atoms with Gasteiger partial charge < -0.3 is 15.7 Å². The molecule has 0 heterocycles. The minimum atomic E-state index is -1.20. The van der Waals surface area contributed by atoms with Crippen molar-refractivity contribution in [1.29, 1.82) is 5.26 Å². The van der Waals surface area contributed by atoms with Crippen LogP contribution in [0, 0.1) is 17.2 Å². The van der Waals surface area contributed by atoms with Gasteiger partial charge in [-0.25, -0.2) is 4.79 Å². The summed E-state index contributed by atoms with van der Waals surface area (Å²) in [5.41, 5.74) is 0.665. The molecule has 1 rings (SSSR count). The average Bonchev–Trinajstić information content (AvgIpc) is 2.52. The minimum absolute atomic E-state index is 0.0109. The van der Waals surface area contributed by atoms with E-state index in [0.717, 1.165) is 0 Å². The summed E-state index contributed by atoms with van der Waals surface area (Å²) in [6.45, 7) is 2.26. The molecule has 0 saturated carbocycles. The van der Waals surface area contributed by atoms with Crippen molar-refractivity contribution in [2.75, 3.05) is 18.4 Å². The Kier molecular flexibility index (Phi) is 7.78. The lowest BCUT2D eigenvalue weighted by Gasteiger charge is -2.12. The number of nitrogens with zero attached hydrogens (tertiary/aromatic N) is 1. The fourth-order valence-electron chi connectivity index (χ4n) is 2.02. The number of nitriles is 1. The molecule has 24 heavy (non-hydrogen) atoms. The number of carboxylic acid groups (broad SMARTS) is 1. The van der Waals surface area contributed by atoms with Gasteiger partial charge in [-0.1, -0.05) is 13.0 Å². The van der Waals surface area contributed by atoms with E-state index < -0.39 is 6.09 Å². The van der Waals surface area contributed by atoms with Gasteiger partial charge in [0.25, 0.3) is 5.91 Å². The summed E-state index contributed by atoms with van der Waals surface area (Å²) in [6.07, 6.45) is -0.301. The number of carbonyl (C=O) groups is 3. The maximum absolute atomic E-state index is 12.0. The van der Waals surface area contributed by atoms with Crippen LogP contribution in [0.5, 0.6) is 0 Å². The number of amides is 3. The molecule has 0 fully saturated rings. The first-order chi connectivity index (χ1) is 11.4. The van der Waals surface area contributed by atoms with Gasteiger partial charge >= 0.3 is 6.09 Å². The van der Waals surface area contributed by atoms with Gasteiger partial charge in [0.05, 0.1) is 6.07 Å². The summed E-state index contributed by atoms with van der Waals surface area (Å²) in [5, 5.41) is 24.4. The molecule has 8 nitrogen and oxygen atoms in total. The molecule has 0 saturated heterocycles. The summed E-state index contributed by atoms with van der Waals surface area (Å²) in [4.78, 5) is 34.1. The number of benzene rings is 1. The Hall–Kier alpha value is -3.08. The molecule has 1 aromatic rings. The fraction of sp³-hybridized carbons (Fsp3) is 0.375. The number of hydrogen-bond donors (Lipinski definition) is 4. The smallest absolute Gasteiger partial charge is 0.409 e. The van der Waals surface area contributed by atoms with Crippen LogP contribution in [0.2, 0.25) is 0 Å². The molecule has 0 bridgehead atoms. The van der Waals surface area contributed by atoms with Gasteiger partial charge in [0.1, 0.15) is 6.54 Å². The topological polar surface area (TPSA) is 131 Å². The summed E-state index contributed by atoms with van der Waals surface area (Å²) in [6, 6.07) is 8.00. The van der Waals surface area contributed by atoms with Crippen LogP contribution in [-0.4, -0.2) is 36.1 Å². The molecule has 8 heteroatoms. The second-order valence-electron chi connectivity index (χ2n) is 5.30. The van der Waals surface area contributed by atoms with Gasteiger partial charge in [-0.05, 0) is 30.5 Å². The van der Waals surface area contributed by atoms with E-state index in [1.165, 1.54) is 6.07 Å². The maximum Gasteiger partial charge on any atom is 0.409 e. The van der Waals surface area contributed by atoms with Crippen molar-refractivity contribution in [2.24, 2.45) is 5.92 Å². The van der Waals surface area contributed by atoms with Crippen LogP contribution in [-0.2, 0) is 4.79 Å². The molecule has 0 spiro atoms. The van der Waals surface area contributed by atoms with Crippen molar-refractivity contribution in [3.05, 3.63) is 29.8 Å². The molecule has 1 aromatic carbocycles. The molecule has 0 radical (unpaired) electrons. The van der Waals surface area contributed by atoms with E-state index in [1.54, 1.807) is 18.2 Å². The minimum Gasteiger partial charge on any atom is -0.465 e. The highest BCUT2D eigenvalue weighted by Crippen LogP contribution is 2.11. The standard InChI is InChI=1S/C16H20N4O4/c1-11(9-14(21)18-8-6-17)5-7-19-15(22)12-3-2-4-13(10-12)20-16(23)24/h2-4,10-11,20H,5,7-9H2,1H3,(H,18,21)(H,19,22)(H,23,24). The number of hydrogen-bond acceptors (Lipinski definition) is 4. The highest BCUT2D eigenvalue weighted by molar-refractivity contribution is 5.96. The van der Waals surface area contributed by atoms with E-state index in [2.05, 4.69) is 16.0 Å². The monoisotopic (exact) mass is 332 g/mol. The van der Waals surface area contributed by atoms with E-state index in [4.69, 9.17) is 10.4 Å². The summed E-state index contributed by atoms with van der Waals surface area (Å²) >= 11 is 0. The molecule has 0 aliphatic rings. The van der Waals surface area contributed by atoms with Crippen molar-refractivity contribution < 1.29 is 19.5 Å². The zero-order valence-corrected chi connectivity index (χ0v) is 13.3. The van der Waals surface area contributed by atoms with Gasteiger partial charge in [0.15, 0.2) is 0 Å². The molecular weight excluding hydrogens is 312 g/mol. The molecule has 0 aliphatic heterocycles. The first kappa shape index (κ1) is 19.0. The lowest BCUT2D eigenvalue weighted by Crippen LogP contribution is -2.28. The van der Waals surface area contributed by atoms with Crippen molar-refractivity contribution in [3.63, 3.8) is 0 Å². The number of anilines is 1. The van der Waals surface area contributed by atoms with Crippen molar-refractivity contribution in [2.45, 2.75) is 19.8 Å². The van der Waals surface area contributed by atoms with Crippen molar-refractivity contribution in [3.8, 4) is 6.07 Å². The van der Waals surface area contributed by atoms with E-state index in [9.17, 15) is 14.4 Å². The first-order valence-corrected chi connectivity index (χ1v) is 7.44. The third kappa shape index (κ3) is 7.26.